The van der Waals surface area contributed by atoms with E-state index in [1.807, 2.05) is 0 Å². The lowest BCUT2D eigenvalue weighted by Gasteiger charge is -2.37. The van der Waals surface area contributed by atoms with Gasteiger partial charge in [-0.2, -0.15) is 0 Å². The Hall–Kier alpha value is -3.44. The van der Waals surface area contributed by atoms with Gasteiger partial charge in [0.15, 0.2) is 17.6 Å². The first-order chi connectivity index (χ1) is 16.1. The summed E-state index contributed by atoms with van der Waals surface area (Å²) in [5.74, 6) is -6.47. The molecule has 0 radical (unpaired) electrons. The molecule has 178 valence electrons. The Morgan fingerprint density at radius 2 is 1.79 bits per heavy atom. The maximum absolute atomic E-state index is 14.9. The second-order valence-corrected chi connectivity index (χ2v) is 8.35. The molecule has 0 spiro atoms. The fraction of sp³-hybridized carbons (Fsp3) is 0.238. The van der Waals surface area contributed by atoms with Gasteiger partial charge in [-0.1, -0.05) is 35.3 Å². The summed E-state index contributed by atoms with van der Waals surface area (Å²) >= 11 is 12.1. The molecule has 13 heteroatoms. The van der Waals surface area contributed by atoms with Gasteiger partial charge in [0.05, 0.1) is 28.8 Å². The molecular weight excluding hydrogens is 497 g/mol. The van der Waals surface area contributed by atoms with Gasteiger partial charge in [0, 0.05) is 25.2 Å². The van der Waals surface area contributed by atoms with Crippen molar-refractivity contribution >= 4 is 58.5 Å². The van der Waals surface area contributed by atoms with Crippen molar-refractivity contribution in [3.8, 4) is 0 Å². The number of carboxylic acids is 1. The first-order valence-corrected chi connectivity index (χ1v) is 10.7. The van der Waals surface area contributed by atoms with E-state index in [2.05, 4.69) is 5.32 Å². The highest BCUT2D eigenvalue weighted by molar-refractivity contribution is 6.42. The van der Waals surface area contributed by atoms with Crippen LogP contribution in [0.1, 0.15) is 5.56 Å². The minimum atomic E-state index is -1.69. The summed E-state index contributed by atoms with van der Waals surface area (Å²) in [7, 11) is 0. The number of halogens is 4. The number of carboxylic acid groups (broad SMARTS) is 1. The second kappa shape index (κ2) is 9.07. The molecule has 0 bridgehead atoms. The topological polar surface area (TPSA) is 110 Å². The van der Waals surface area contributed by atoms with Gasteiger partial charge >= 0.3 is 18.0 Å². The van der Waals surface area contributed by atoms with E-state index < -0.39 is 60.3 Å². The average Bonchev–Trinajstić information content (AvgIpc) is 3.18. The maximum atomic E-state index is 14.9. The summed E-state index contributed by atoms with van der Waals surface area (Å²) in [6.45, 7) is -0.810. The fourth-order valence-corrected chi connectivity index (χ4v) is 4.18. The molecule has 0 aromatic heterocycles. The lowest BCUT2D eigenvalue weighted by atomic mass is 10.0. The monoisotopic (exact) mass is 512 g/mol. The zero-order valence-electron chi connectivity index (χ0n) is 17.2. The number of hydrogen-bond acceptors (Lipinski definition) is 4. The number of benzene rings is 2. The first-order valence-electron chi connectivity index (χ1n) is 9.93. The molecule has 2 saturated heterocycles. The molecule has 0 aliphatic carbocycles. The number of amides is 5. The van der Waals surface area contributed by atoms with Crippen LogP contribution >= 0.6 is 23.2 Å². The molecule has 2 aromatic rings. The Kier molecular flexibility index (Phi) is 6.32. The predicted octanol–water partition coefficient (Wildman–Crippen LogP) is 3.47. The molecule has 2 heterocycles. The number of carbonyl (C=O) groups excluding carboxylic acids is 3. The normalized spacial score (nSPS) is 18.5. The van der Waals surface area contributed by atoms with Crippen LogP contribution in [0, 0.1) is 17.6 Å². The van der Waals surface area contributed by atoms with E-state index in [0.717, 1.165) is 21.9 Å². The molecule has 9 nitrogen and oxygen atoms in total. The summed E-state index contributed by atoms with van der Waals surface area (Å²) in [4.78, 5) is 51.8. The largest absolute Gasteiger partial charge is 0.481 e. The minimum Gasteiger partial charge on any atom is -0.481 e. The van der Waals surface area contributed by atoms with Crippen LogP contribution in [0.4, 0.5) is 29.7 Å². The molecule has 0 saturated carbocycles. The SMILES string of the molecule is O=C(O)C1CN(c2cc(F)c(N3CCNC3=O)c(F)c2)C(=O)N(Cc2cccc(Cl)c2Cl)C1=O. The zero-order valence-corrected chi connectivity index (χ0v) is 18.7. The van der Waals surface area contributed by atoms with Gasteiger partial charge in [-0.3, -0.25) is 24.3 Å². The van der Waals surface area contributed by atoms with Gasteiger partial charge < -0.3 is 10.4 Å². The first kappa shape index (κ1) is 23.7. The number of nitrogens with one attached hydrogen (secondary N) is 1. The molecule has 2 aromatic carbocycles. The van der Waals surface area contributed by atoms with Crippen molar-refractivity contribution in [1.82, 2.24) is 10.2 Å². The number of carbonyl (C=O) groups is 4. The second-order valence-electron chi connectivity index (χ2n) is 7.56. The summed E-state index contributed by atoms with van der Waals surface area (Å²) < 4.78 is 29.7. The maximum Gasteiger partial charge on any atom is 0.331 e. The van der Waals surface area contributed by atoms with Gasteiger partial charge in [0.25, 0.3) is 0 Å². The van der Waals surface area contributed by atoms with Gasteiger partial charge in [0.2, 0.25) is 5.91 Å². The van der Waals surface area contributed by atoms with Crippen LogP contribution in [0.5, 0.6) is 0 Å². The quantitative estimate of drug-likeness (QED) is 0.596. The number of hydrogen-bond donors (Lipinski definition) is 2. The van der Waals surface area contributed by atoms with Crippen LogP contribution < -0.4 is 15.1 Å². The van der Waals surface area contributed by atoms with Gasteiger partial charge in [-0.25, -0.2) is 18.4 Å². The van der Waals surface area contributed by atoms with Crippen LogP contribution in [0.25, 0.3) is 0 Å². The number of anilines is 2. The Bertz CT molecular complexity index is 1200. The highest BCUT2D eigenvalue weighted by Crippen LogP contribution is 2.33. The predicted molar refractivity (Wildman–Crippen MR) is 118 cm³/mol. The Labute approximate surface area is 201 Å². The van der Waals surface area contributed by atoms with Crippen molar-refractivity contribution in [3.63, 3.8) is 0 Å². The Balaban J connectivity index is 1.72. The minimum absolute atomic E-state index is 0.0401. The van der Waals surface area contributed by atoms with Crippen LogP contribution in [-0.4, -0.2) is 53.6 Å². The summed E-state index contributed by atoms with van der Waals surface area (Å²) in [6.07, 6.45) is 0. The van der Waals surface area contributed by atoms with Crippen molar-refractivity contribution in [1.29, 1.82) is 0 Å². The molecule has 1 atom stereocenters. The highest BCUT2D eigenvalue weighted by atomic mass is 35.5. The lowest BCUT2D eigenvalue weighted by Crippen LogP contribution is -2.58. The van der Waals surface area contributed by atoms with E-state index in [-0.39, 0.29) is 34.4 Å². The third-order valence-corrected chi connectivity index (χ3v) is 6.35. The van der Waals surface area contributed by atoms with E-state index in [4.69, 9.17) is 23.2 Å². The summed E-state index contributed by atoms with van der Waals surface area (Å²) in [5.41, 5.74) is -0.643. The number of rotatable bonds is 5. The van der Waals surface area contributed by atoms with E-state index in [9.17, 15) is 33.1 Å². The molecule has 2 aliphatic heterocycles. The van der Waals surface area contributed by atoms with Crippen molar-refractivity contribution in [3.05, 3.63) is 57.6 Å². The molecule has 2 aliphatic rings. The molecule has 1 unspecified atom stereocenters. The molecule has 2 fully saturated rings. The molecule has 34 heavy (non-hydrogen) atoms. The average molecular weight is 513 g/mol. The van der Waals surface area contributed by atoms with Gasteiger partial charge in [-0.15, -0.1) is 0 Å². The third kappa shape index (κ3) is 4.12. The number of nitrogens with zero attached hydrogens (tertiary/aromatic N) is 3. The third-order valence-electron chi connectivity index (χ3n) is 5.49. The van der Waals surface area contributed by atoms with Crippen molar-refractivity contribution in [2.75, 3.05) is 29.4 Å². The van der Waals surface area contributed by atoms with Gasteiger partial charge in [-0.05, 0) is 11.6 Å². The number of urea groups is 2. The van der Waals surface area contributed by atoms with Gasteiger partial charge in [0.1, 0.15) is 5.69 Å². The van der Waals surface area contributed by atoms with E-state index in [0.29, 0.717) is 4.90 Å². The Morgan fingerprint density at radius 1 is 1.12 bits per heavy atom. The zero-order chi connectivity index (χ0) is 24.7. The van der Waals surface area contributed by atoms with E-state index in [1.54, 1.807) is 0 Å². The standard InChI is InChI=1S/C21H16Cl2F2N4O5/c22-13-3-1-2-10(16(13)23)8-29-18(30)12(19(31)32)9-28(21(29)34)11-6-14(24)17(15(25)7-11)27-5-4-26-20(27)33/h1-3,6-7,12H,4-5,8-9H2,(H,26,33)(H,31,32). The lowest BCUT2D eigenvalue weighted by molar-refractivity contribution is -0.150. The van der Waals surface area contributed by atoms with Crippen LogP contribution in [0.15, 0.2) is 30.3 Å². The van der Waals surface area contributed by atoms with Crippen LogP contribution in [0.2, 0.25) is 10.0 Å². The van der Waals surface area contributed by atoms with Crippen LogP contribution in [0.3, 0.4) is 0 Å². The van der Waals surface area contributed by atoms with E-state index >= 15 is 0 Å². The smallest absolute Gasteiger partial charge is 0.331 e. The van der Waals surface area contributed by atoms with Crippen LogP contribution in [-0.2, 0) is 16.1 Å². The highest BCUT2D eigenvalue weighted by Gasteiger charge is 2.44. The van der Waals surface area contributed by atoms with Crippen molar-refractivity contribution < 1.29 is 33.1 Å². The Morgan fingerprint density at radius 3 is 2.38 bits per heavy atom. The molecule has 2 N–H and O–H groups in total. The number of aliphatic carboxylic acids is 1. The van der Waals surface area contributed by atoms with Crippen molar-refractivity contribution in [2.24, 2.45) is 5.92 Å². The molecule has 5 amide bonds. The summed E-state index contributed by atoms with van der Waals surface area (Å²) in [6, 6.07) is 4.46. The molecular formula is C21H16Cl2F2N4O5. The van der Waals surface area contributed by atoms with E-state index in [1.165, 1.54) is 18.2 Å². The summed E-state index contributed by atoms with van der Waals surface area (Å²) in [5, 5.41) is 12.2. The fourth-order valence-electron chi connectivity index (χ4n) is 3.80. The molecule has 4 rings (SSSR count). The number of imide groups is 1. The van der Waals surface area contributed by atoms with Crippen molar-refractivity contribution in [2.45, 2.75) is 6.54 Å².